The minimum atomic E-state index is -0.285. The highest BCUT2D eigenvalue weighted by molar-refractivity contribution is 9.10. The van der Waals surface area contributed by atoms with Crippen LogP contribution in [-0.4, -0.2) is 19.2 Å². The van der Waals surface area contributed by atoms with Crippen molar-refractivity contribution in [3.05, 3.63) is 63.1 Å². The lowest BCUT2D eigenvalue weighted by Crippen LogP contribution is -2.17. The van der Waals surface area contributed by atoms with Gasteiger partial charge in [0.2, 0.25) is 0 Å². The summed E-state index contributed by atoms with van der Waals surface area (Å²) in [5, 5.41) is 4.39. The molecule has 0 heterocycles. The Hall–Kier alpha value is -1.85. The van der Waals surface area contributed by atoms with Crippen molar-refractivity contribution in [1.29, 1.82) is 0 Å². The predicted octanol–water partition coefficient (Wildman–Crippen LogP) is 3.88. The average Bonchev–Trinajstić information content (AvgIpc) is 2.47. The van der Waals surface area contributed by atoms with E-state index in [1.54, 1.807) is 43.5 Å². The molecule has 1 N–H and O–H groups in total. The number of carbonyl (C=O) groups is 1. The highest BCUT2D eigenvalue weighted by Crippen LogP contribution is 2.24. The smallest absolute Gasteiger partial charge is 0.271 e. The quantitative estimate of drug-likeness (QED) is 0.659. The molecule has 1 amide bonds. The molecule has 6 heteroatoms. The van der Waals surface area contributed by atoms with Gasteiger partial charge in [0.15, 0.2) is 0 Å². The van der Waals surface area contributed by atoms with Crippen molar-refractivity contribution in [2.45, 2.75) is 0 Å². The number of ether oxygens (including phenoxy) is 1. The van der Waals surface area contributed by atoms with Crippen molar-refractivity contribution in [2.24, 2.45) is 5.10 Å². The fourth-order valence-electron chi connectivity index (χ4n) is 1.62. The van der Waals surface area contributed by atoms with Gasteiger partial charge < -0.3 is 4.74 Å². The second kappa shape index (κ2) is 7.24. The number of hydrogen-bond donors (Lipinski definition) is 1. The minimum absolute atomic E-state index is 0.285. The molecule has 0 spiro atoms. The lowest BCUT2D eigenvalue weighted by molar-refractivity contribution is 0.0955. The molecule has 0 atom stereocenters. The van der Waals surface area contributed by atoms with Crippen LogP contribution in [0.5, 0.6) is 5.75 Å². The molecule has 2 aromatic rings. The summed E-state index contributed by atoms with van der Waals surface area (Å²) in [6, 6.07) is 12.3. The van der Waals surface area contributed by atoms with Crippen molar-refractivity contribution < 1.29 is 9.53 Å². The first-order valence-corrected chi connectivity index (χ1v) is 7.20. The number of halogens is 2. The van der Waals surface area contributed by atoms with Crippen molar-refractivity contribution in [1.82, 2.24) is 5.43 Å². The monoisotopic (exact) mass is 366 g/mol. The van der Waals surface area contributed by atoms with E-state index in [0.717, 1.165) is 10.0 Å². The summed E-state index contributed by atoms with van der Waals surface area (Å²) in [7, 11) is 1.55. The Balaban J connectivity index is 2.02. The Bertz CT molecular complexity index is 689. The third-order valence-corrected chi connectivity index (χ3v) is 3.43. The van der Waals surface area contributed by atoms with Gasteiger partial charge in [-0.1, -0.05) is 33.6 Å². The molecule has 0 unspecified atom stereocenters. The van der Waals surface area contributed by atoms with E-state index in [1.165, 1.54) is 6.21 Å². The van der Waals surface area contributed by atoms with Crippen LogP contribution < -0.4 is 10.2 Å². The summed E-state index contributed by atoms with van der Waals surface area (Å²) in [4.78, 5) is 11.9. The SMILES string of the molecule is COc1ccc(C=NNC(=O)c2cccc(Br)c2)cc1Cl. The molecule has 0 bridgehead atoms. The van der Waals surface area contributed by atoms with Crippen molar-refractivity contribution in [3.63, 3.8) is 0 Å². The highest BCUT2D eigenvalue weighted by Gasteiger charge is 2.04. The first kappa shape index (κ1) is 15.5. The molecule has 0 saturated carbocycles. The Labute approximate surface area is 135 Å². The number of amides is 1. The van der Waals surface area contributed by atoms with E-state index in [0.29, 0.717) is 16.3 Å². The molecule has 0 aliphatic heterocycles. The molecule has 0 fully saturated rings. The number of hydrogen-bond acceptors (Lipinski definition) is 3. The van der Waals surface area contributed by atoms with E-state index in [-0.39, 0.29) is 5.91 Å². The number of carbonyl (C=O) groups excluding carboxylic acids is 1. The molecule has 0 saturated heterocycles. The van der Waals surface area contributed by atoms with Crippen LogP contribution in [0.3, 0.4) is 0 Å². The van der Waals surface area contributed by atoms with Crippen LogP contribution in [0.15, 0.2) is 52.0 Å². The molecule has 0 aromatic heterocycles. The zero-order valence-electron chi connectivity index (χ0n) is 11.1. The first-order chi connectivity index (χ1) is 10.1. The average molecular weight is 368 g/mol. The van der Waals surface area contributed by atoms with E-state index in [2.05, 4.69) is 26.5 Å². The zero-order valence-corrected chi connectivity index (χ0v) is 13.5. The standard InChI is InChI=1S/C15H12BrClN2O2/c1-21-14-6-5-10(7-13(14)17)9-18-19-15(20)11-3-2-4-12(16)8-11/h2-9H,1H3,(H,19,20). The maximum Gasteiger partial charge on any atom is 0.271 e. The number of rotatable bonds is 4. The summed E-state index contributed by atoms with van der Waals surface area (Å²) in [5.41, 5.74) is 3.74. The van der Waals surface area contributed by atoms with Gasteiger partial charge in [0.1, 0.15) is 5.75 Å². The van der Waals surface area contributed by atoms with Gasteiger partial charge in [0.25, 0.3) is 5.91 Å². The molecule has 0 aliphatic rings. The van der Waals surface area contributed by atoms with Crippen LogP contribution in [0.1, 0.15) is 15.9 Å². The van der Waals surface area contributed by atoms with Gasteiger partial charge >= 0.3 is 0 Å². The summed E-state index contributed by atoms with van der Waals surface area (Å²) in [5.74, 6) is 0.305. The van der Waals surface area contributed by atoms with Crippen molar-refractivity contribution in [3.8, 4) is 5.75 Å². The van der Waals surface area contributed by atoms with Crippen LogP contribution in [0.25, 0.3) is 0 Å². The second-order valence-corrected chi connectivity index (χ2v) is 5.43. The van der Waals surface area contributed by atoms with E-state index >= 15 is 0 Å². The summed E-state index contributed by atoms with van der Waals surface area (Å²) >= 11 is 9.32. The number of benzene rings is 2. The number of hydrazone groups is 1. The van der Waals surface area contributed by atoms with Gasteiger partial charge in [-0.25, -0.2) is 5.43 Å². The Morgan fingerprint density at radius 2 is 2.14 bits per heavy atom. The fraction of sp³-hybridized carbons (Fsp3) is 0.0667. The van der Waals surface area contributed by atoms with E-state index in [4.69, 9.17) is 16.3 Å². The second-order valence-electron chi connectivity index (χ2n) is 4.10. The zero-order chi connectivity index (χ0) is 15.2. The predicted molar refractivity (Wildman–Crippen MR) is 87.2 cm³/mol. The third kappa shape index (κ3) is 4.31. The fourth-order valence-corrected chi connectivity index (χ4v) is 2.29. The molecule has 108 valence electrons. The van der Waals surface area contributed by atoms with Crippen molar-refractivity contribution >= 4 is 39.7 Å². The Morgan fingerprint density at radius 3 is 2.81 bits per heavy atom. The van der Waals surface area contributed by atoms with Crippen LogP contribution in [0.2, 0.25) is 5.02 Å². The summed E-state index contributed by atoms with van der Waals surface area (Å²) in [6.45, 7) is 0. The molecular formula is C15H12BrClN2O2. The molecule has 21 heavy (non-hydrogen) atoms. The molecule has 0 radical (unpaired) electrons. The minimum Gasteiger partial charge on any atom is -0.495 e. The molecule has 0 aliphatic carbocycles. The lowest BCUT2D eigenvalue weighted by atomic mass is 10.2. The topological polar surface area (TPSA) is 50.7 Å². The van der Waals surface area contributed by atoms with E-state index in [1.807, 2.05) is 6.07 Å². The maximum atomic E-state index is 11.9. The number of nitrogens with zero attached hydrogens (tertiary/aromatic N) is 1. The molecule has 4 nitrogen and oxygen atoms in total. The molecule has 2 rings (SSSR count). The highest BCUT2D eigenvalue weighted by atomic mass is 79.9. The van der Waals surface area contributed by atoms with Crippen LogP contribution in [-0.2, 0) is 0 Å². The van der Waals surface area contributed by atoms with Gasteiger partial charge in [-0.3, -0.25) is 4.79 Å². The number of nitrogens with one attached hydrogen (secondary N) is 1. The van der Waals surface area contributed by atoms with Crippen LogP contribution in [0.4, 0.5) is 0 Å². The maximum absolute atomic E-state index is 11.9. The Kier molecular flexibility index (Phi) is 5.36. The van der Waals surface area contributed by atoms with Gasteiger partial charge in [-0.2, -0.15) is 5.10 Å². The van der Waals surface area contributed by atoms with E-state index in [9.17, 15) is 4.79 Å². The third-order valence-electron chi connectivity index (χ3n) is 2.64. The Morgan fingerprint density at radius 1 is 1.33 bits per heavy atom. The summed E-state index contributed by atoms with van der Waals surface area (Å²) in [6.07, 6.45) is 1.52. The summed E-state index contributed by atoms with van der Waals surface area (Å²) < 4.78 is 5.90. The number of methoxy groups -OCH3 is 1. The molecular weight excluding hydrogens is 356 g/mol. The van der Waals surface area contributed by atoms with E-state index < -0.39 is 0 Å². The largest absolute Gasteiger partial charge is 0.495 e. The first-order valence-electron chi connectivity index (χ1n) is 6.02. The van der Waals surface area contributed by atoms with Gasteiger partial charge in [-0.05, 0) is 42.0 Å². The van der Waals surface area contributed by atoms with Gasteiger partial charge in [-0.15, -0.1) is 0 Å². The van der Waals surface area contributed by atoms with Gasteiger partial charge in [0, 0.05) is 10.0 Å². The van der Waals surface area contributed by atoms with Crippen LogP contribution >= 0.6 is 27.5 Å². The normalized spacial score (nSPS) is 10.6. The lowest BCUT2D eigenvalue weighted by Gasteiger charge is -2.03. The van der Waals surface area contributed by atoms with Gasteiger partial charge in [0.05, 0.1) is 18.3 Å². The van der Waals surface area contributed by atoms with Crippen LogP contribution in [0, 0.1) is 0 Å². The van der Waals surface area contributed by atoms with Crippen molar-refractivity contribution in [2.75, 3.05) is 7.11 Å². The molecule has 2 aromatic carbocycles.